The first kappa shape index (κ1) is 13.6. The average Bonchev–Trinajstić information content (AvgIpc) is 2.91. The van der Waals surface area contributed by atoms with Gasteiger partial charge in [0.1, 0.15) is 0 Å². The SMILES string of the molecule is Cc1nn(CCCc2nc(CCl)cs2)c(C)c1C. The van der Waals surface area contributed by atoms with Crippen molar-refractivity contribution in [3.63, 3.8) is 0 Å². The summed E-state index contributed by atoms with van der Waals surface area (Å²) in [5.41, 5.74) is 4.69. The molecular formula is C13H18ClN3S. The van der Waals surface area contributed by atoms with Gasteiger partial charge in [-0.15, -0.1) is 22.9 Å². The van der Waals surface area contributed by atoms with Gasteiger partial charge in [-0.05, 0) is 32.8 Å². The Morgan fingerprint density at radius 1 is 1.33 bits per heavy atom. The smallest absolute Gasteiger partial charge is 0.0929 e. The fraction of sp³-hybridized carbons (Fsp3) is 0.538. The summed E-state index contributed by atoms with van der Waals surface area (Å²) in [6.45, 7) is 7.27. The van der Waals surface area contributed by atoms with E-state index < -0.39 is 0 Å². The molecule has 98 valence electrons. The van der Waals surface area contributed by atoms with Crippen LogP contribution in [0.2, 0.25) is 0 Å². The molecule has 0 atom stereocenters. The van der Waals surface area contributed by atoms with Gasteiger partial charge in [0.05, 0.1) is 22.3 Å². The second-order valence-corrected chi connectivity index (χ2v) is 5.70. The van der Waals surface area contributed by atoms with Crippen molar-refractivity contribution >= 4 is 22.9 Å². The highest BCUT2D eigenvalue weighted by molar-refractivity contribution is 7.09. The van der Waals surface area contributed by atoms with E-state index in [-0.39, 0.29) is 0 Å². The second-order valence-electron chi connectivity index (χ2n) is 4.49. The Balaban J connectivity index is 1.90. The standard InChI is InChI=1S/C13H18ClN3S/c1-9-10(2)16-17(11(9)3)6-4-5-13-15-12(7-14)8-18-13/h8H,4-7H2,1-3H3. The summed E-state index contributed by atoms with van der Waals surface area (Å²) in [6, 6.07) is 0. The van der Waals surface area contributed by atoms with Crippen LogP contribution in [0.15, 0.2) is 5.38 Å². The molecule has 0 radical (unpaired) electrons. The number of hydrogen-bond donors (Lipinski definition) is 0. The molecule has 0 bridgehead atoms. The number of hydrogen-bond acceptors (Lipinski definition) is 3. The zero-order valence-corrected chi connectivity index (χ0v) is 12.6. The predicted molar refractivity (Wildman–Crippen MR) is 76.4 cm³/mol. The lowest BCUT2D eigenvalue weighted by Gasteiger charge is -2.03. The van der Waals surface area contributed by atoms with Crippen molar-refractivity contribution in [1.29, 1.82) is 0 Å². The molecule has 0 amide bonds. The summed E-state index contributed by atoms with van der Waals surface area (Å²) in [5.74, 6) is 0.507. The predicted octanol–water partition coefficient (Wildman–Crippen LogP) is 3.64. The number of halogens is 1. The molecule has 5 heteroatoms. The zero-order chi connectivity index (χ0) is 13.1. The third kappa shape index (κ3) is 2.93. The minimum Gasteiger partial charge on any atom is -0.269 e. The van der Waals surface area contributed by atoms with Crippen LogP contribution in [0.3, 0.4) is 0 Å². The van der Waals surface area contributed by atoms with Crippen molar-refractivity contribution in [2.75, 3.05) is 0 Å². The summed E-state index contributed by atoms with van der Waals surface area (Å²) >= 11 is 7.44. The van der Waals surface area contributed by atoms with Crippen LogP contribution in [0, 0.1) is 20.8 Å². The molecular weight excluding hydrogens is 266 g/mol. The number of aromatic nitrogens is 3. The minimum atomic E-state index is 0.507. The van der Waals surface area contributed by atoms with Crippen LogP contribution in [0.25, 0.3) is 0 Å². The Morgan fingerprint density at radius 2 is 2.11 bits per heavy atom. The minimum absolute atomic E-state index is 0.507. The Hall–Kier alpha value is -0.870. The first-order valence-corrected chi connectivity index (χ1v) is 7.53. The first-order valence-electron chi connectivity index (χ1n) is 6.11. The molecule has 0 saturated carbocycles. The zero-order valence-electron chi connectivity index (χ0n) is 11.0. The largest absolute Gasteiger partial charge is 0.269 e. The molecule has 3 nitrogen and oxygen atoms in total. The van der Waals surface area contributed by atoms with E-state index in [0.717, 1.165) is 30.8 Å². The van der Waals surface area contributed by atoms with Crippen molar-refractivity contribution in [1.82, 2.24) is 14.8 Å². The van der Waals surface area contributed by atoms with Crippen LogP contribution in [0.5, 0.6) is 0 Å². The van der Waals surface area contributed by atoms with Crippen molar-refractivity contribution < 1.29 is 0 Å². The summed E-state index contributed by atoms with van der Waals surface area (Å²) in [5, 5.41) is 7.75. The molecule has 2 aromatic rings. The van der Waals surface area contributed by atoms with Gasteiger partial charge in [-0.1, -0.05) is 0 Å². The molecule has 0 spiro atoms. The molecule has 0 aliphatic rings. The van der Waals surface area contributed by atoms with Gasteiger partial charge in [-0.25, -0.2) is 4.98 Å². The van der Waals surface area contributed by atoms with E-state index in [1.807, 2.05) is 5.38 Å². The van der Waals surface area contributed by atoms with Crippen molar-refractivity contribution in [2.24, 2.45) is 0 Å². The van der Waals surface area contributed by atoms with Crippen molar-refractivity contribution in [3.05, 3.63) is 33.0 Å². The van der Waals surface area contributed by atoms with E-state index in [9.17, 15) is 0 Å². The lowest BCUT2D eigenvalue weighted by atomic mass is 10.2. The third-order valence-corrected chi connectivity index (χ3v) is 4.47. The Labute approximate surface area is 117 Å². The Kier molecular flexibility index (Phi) is 4.40. The quantitative estimate of drug-likeness (QED) is 0.785. The molecule has 2 aromatic heterocycles. The Bertz CT molecular complexity index is 530. The fourth-order valence-corrected chi connectivity index (χ4v) is 2.98. The van der Waals surface area contributed by atoms with Gasteiger partial charge in [-0.2, -0.15) is 5.10 Å². The highest BCUT2D eigenvalue weighted by Gasteiger charge is 2.07. The first-order chi connectivity index (χ1) is 8.61. The second kappa shape index (κ2) is 5.85. The molecule has 0 unspecified atom stereocenters. The normalized spacial score (nSPS) is 11.1. The van der Waals surface area contributed by atoms with Crippen molar-refractivity contribution in [2.45, 2.75) is 46.0 Å². The Morgan fingerprint density at radius 3 is 2.67 bits per heavy atom. The van der Waals surface area contributed by atoms with E-state index in [2.05, 4.69) is 35.5 Å². The van der Waals surface area contributed by atoms with E-state index >= 15 is 0 Å². The molecule has 0 aliphatic heterocycles. The third-order valence-electron chi connectivity index (χ3n) is 3.24. The molecule has 18 heavy (non-hydrogen) atoms. The number of aryl methyl sites for hydroxylation is 3. The lowest BCUT2D eigenvalue weighted by molar-refractivity contribution is 0.561. The molecule has 0 saturated heterocycles. The molecule has 2 heterocycles. The molecule has 0 fully saturated rings. The van der Waals surface area contributed by atoms with Crippen LogP contribution in [-0.2, 0) is 18.8 Å². The molecule has 2 rings (SSSR count). The van der Waals surface area contributed by atoms with E-state index in [1.54, 1.807) is 11.3 Å². The van der Waals surface area contributed by atoms with Crippen LogP contribution in [-0.4, -0.2) is 14.8 Å². The van der Waals surface area contributed by atoms with E-state index in [1.165, 1.54) is 16.3 Å². The average molecular weight is 284 g/mol. The van der Waals surface area contributed by atoms with Gasteiger partial charge in [0.25, 0.3) is 0 Å². The van der Waals surface area contributed by atoms with E-state index in [0.29, 0.717) is 5.88 Å². The lowest BCUT2D eigenvalue weighted by Crippen LogP contribution is -2.04. The summed E-state index contributed by atoms with van der Waals surface area (Å²) in [6.07, 6.45) is 2.07. The fourth-order valence-electron chi connectivity index (χ4n) is 1.91. The van der Waals surface area contributed by atoms with Crippen LogP contribution >= 0.6 is 22.9 Å². The van der Waals surface area contributed by atoms with Gasteiger partial charge in [0.2, 0.25) is 0 Å². The van der Waals surface area contributed by atoms with E-state index in [4.69, 9.17) is 11.6 Å². The maximum Gasteiger partial charge on any atom is 0.0929 e. The molecule has 0 N–H and O–H groups in total. The van der Waals surface area contributed by atoms with Crippen LogP contribution in [0.4, 0.5) is 0 Å². The number of alkyl halides is 1. The number of rotatable bonds is 5. The van der Waals surface area contributed by atoms with Gasteiger partial charge >= 0.3 is 0 Å². The topological polar surface area (TPSA) is 30.7 Å². The highest BCUT2D eigenvalue weighted by atomic mass is 35.5. The number of nitrogens with zero attached hydrogens (tertiary/aromatic N) is 3. The summed E-state index contributed by atoms with van der Waals surface area (Å²) < 4.78 is 2.10. The number of thiazole rings is 1. The van der Waals surface area contributed by atoms with Crippen LogP contribution in [0.1, 0.15) is 34.1 Å². The van der Waals surface area contributed by atoms with Gasteiger partial charge in [-0.3, -0.25) is 4.68 Å². The summed E-state index contributed by atoms with van der Waals surface area (Å²) in [7, 11) is 0. The van der Waals surface area contributed by atoms with Gasteiger partial charge in [0.15, 0.2) is 0 Å². The monoisotopic (exact) mass is 283 g/mol. The highest BCUT2D eigenvalue weighted by Crippen LogP contribution is 2.15. The van der Waals surface area contributed by atoms with Gasteiger partial charge in [0, 0.05) is 24.0 Å². The molecule has 0 aromatic carbocycles. The maximum atomic E-state index is 5.74. The molecule has 0 aliphatic carbocycles. The van der Waals surface area contributed by atoms with Crippen LogP contribution < -0.4 is 0 Å². The maximum absolute atomic E-state index is 5.74. The van der Waals surface area contributed by atoms with Gasteiger partial charge < -0.3 is 0 Å². The van der Waals surface area contributed by atoms with Crippen molar-refractivity contribution in [3.8, 4) is 0 Å². The summed E-state index contributed by atoms with van der Waals surface area (Å²) in [4.78, 5) is 4.46.